The Labute approximate surface area is 149 Å². The number of amides is 3. The zero-order valence-corrected chi connectivity index (χ0v) is 14.2. The van der Waals surface area contributed by atoms with Gasteiger partial charge in [-0.25, -0.2) is 9.18 Å². The predicted octanol–water partition coefficient (Wildman–Crippen LogP) is 3.37. The standard InChI is InChI=1S/C18H16ClFN2O3/c1-11-17(24)21(10-16(23)14-4-2-3-5-15(14)19)18(25)22(11)13-8-6-12(20)7-9-13/h2-9,11,16,23H,10H2,1H3. The summed E-state index contributed by atoms with van der Waals surface area (Å²) in [6.07, 6.45) is -1.10. The van der Waals surface area contributed by atoms with E-state index >= 15 is 0 Å². The molecule has 2 atom stereocenters. The number of β-amino-alcohol motifs (C(OH)–C–C–N with tert-alkyl or cyclic N) is 1. The molecule has 0 aliphatic carbocycles. The van der Waals surface area contributed by atoms with Gasteiger partial charge in [0.25, 0.3) is 5.91 Å². The van der Waals surface area contributed by atoms with E-state index < -0.39 is 29.9 Å². The summed E-state index contributed by atoms with van der Waals surface area (Å²) in [4.78, 5) is 27.4. The molecule has 130 valence electrons. The normalized spacial score (nSPS) is 18.8. The number of carbonyl (C=O) groups excluding carboxylic acids is 2. The zero-order chi connectivity index (χ0) is 18.1. The van der Waals surface area contributed by atoms with Crippen molar-refractivity contribution < 1.29 is 19.1 Å². The van der Waals surface area contributed by atoms with Crippen LogP contribution >= 0.6 is 11.6 Å². The van der Waals surface area contributed by atoms with Crippen LogP contribution in [0.4, 0.5) is 14.9 Å². The molecule has 0 saturated carbocycles. The van der Waals surface area contributed by atoms with Crippen LogP contribution in [0.1, 0.15) is 18.6 Å². The molecule has 5 nitrogen and oxygen atoms in total. The van der Waals surface area contributed by atoms with Crippen molar-refractivity contribution in [2.75, 3.05) is 11.4 Å². The molecule has 3 amide bonds. The van der Waals surface area contributed by atoms with Crippen molar-refractivity contribution >= 4 is 29.2 Å². The summed E-state index contributed by atoms with van der Waals surface area (Å²) in [5.41, 5.74) is 0.861. The molecular weight excluding hydrogens is 347 g/mol. The van der Waals surface area contributed by atoms with Gasteiger partial charge in [0, 0.05) is 16.3 Å². The molecule has 1 heterocycles. The van der Waals surface area contributed by atoms with Crippen molar-refractivity contribution in [2.24, 2.45) is 0 Å². The predicted molar refractivity (Wildman–Crippen MR) is 91.9 cm³/mol. The Hall–Kier alpha value is -2.44. The van der Waals surface area contributed by atoms with E-state index in [1.54, 1.807) is 31.2 Å². The maximum atomic E-state index is 13.1. The lowest BCUT2D eigenvalue weighted by molar-refractivity contribution is -0.127. The summed E-state index contributed by atoms with van der Waals surface area (Å²) < 4.78 is 13.1. The maximum absolute atomic E-state index is 13.1. The van der Waals surface area contributed by atoms with E-state index in [2.05, 4.69) is 0 Å². The molecule has 2 unspecified atom stereocenters. The molecule has 2 aromatic carbocycles. The topological polar surface area (TPSA) is 60.9 Å². The first-order valence-electron chi connectivity index (χ1n) is 7.72. The second kappa shape index (κ2) is 6.82. The monoisotopic (exact) mass is 362 g/mol. The Morgan fingerprint density at radius 3 is 2.44 bits per heavy atom. The molecule has 0 aromatic heterocycles. The third-order valence-electron chi connectivity index (χ3n) is 4.17. The number of halogens is 2. The molecule has 1 saturated heterocycles. The molecule has 1 aliphatic heterocycles. The van der Waals surface area contributed by atoms with E-state index in [1.807, 2.05) is 0 Å². The van der Waals surface area contributed by atoms with Crippen molar-refractivity contribution in [3.8, 4) is 0 Å². The van der Waals surface area contributed by atoms with E-state index in [-0.39, 0.29) is 6.54 Å². The fraction of sp³-hybridized carbons (Fsp3) is 0.222. The van der Waals surface area contributed by atoms with E-state index in [0.717, 1.165) is 4.90 Å². The van der Waals surface area contributed by atoms with Gasteiger partial charge in [0.05, 0.1) is 12.6 Å². The lowest BCUT2D eigenvalue weighted by Gasteiger charge is -2.21. The Morgan fingerprint density at radius 2 is 1.80 bits per heavy atom. The highest BCUT2D eigenvalue weighted by Crippen LogP contribution is 2.29. The quantitative estimate of drug-likeness (QED) is 0.848. The van der Waals surface area contributed by atoms with Crippen LogP contribution < -0.4 is 4.90 Å². The number of carbonyl (C=O) groups is 2. The lowest BCUT2D eigenvalue weighted by atomic mass is 10.1. The van der Waals surface area contributed by atoms with Gasteiger partial charge >= 0.3 is 6.03 Å². The minimum Gasteiger partial charge on any atom is -0.386 e. The summed E-state index contributed by atoms with van der Waals surface area (Å²) in [7, 11) is 0. The number of aliphatic hydroxyl groups is 1. The number of benzene rings is 2. The Balaban J connectivity index is 1.83. The van der Waals surface area contributed by atoms with Crippen molar-refractivity contribution in [3.63, 3.8) is 0 Å². The number of urea groups is 1. The van der Waals surface area contributed by atoms with Crippen molar-refractivity contribution in [3.05, 3.63) is 64.9 Å². The molecular formula is C18H16ClFN2O3. The molecule has 2 aromatic rings. The van der Waals surface area contributed by atoms with Crippen molar-refractivity contribution in [1.82, 2.24) is 4.90 Å². The Morgan fingerprint density at radius 1 is 1.16 bits per heavy atom. The number of imide groups is 1. The average Bonchev–Trinajstić information content (AvgIpc) is 2.80. The molecule has 7 heteroatoms. The first-order chi connectivity index (χ1) is 11.9. The van der Waals surface area contributed by atoms with Crippen molar-refractivity contribution in [2.45, 2.75) is 19.1 Å². The molecule has 0 spiro atoms. The molecule has 0 radical (unpaired) electrons. The summed E-state index contributed by atoms with van der Waals surface area (Å²) in [5.74, 6) is -0.860. The fourth-order valence-corrected chi connectivity index (χ4v) is 3.11. The first-order valence-corrected chi connectivity index (χ1v) is 8.10. The van der Waals surface area contributed by atoms with Crippen LogP contribution in [-0.2, 0) is 4.79 Å². The number of nitrogens with zero attached hydrogens (tertiary/aromatic N) is 2. The largest absolute Gasteiger partial charge is 0.386 e. The summed E-state index contributed by atoms with van der Waals surface area (Å²) >= 11 is 6.05. The Kier molecular flexibility index (Phi) is 4.74. The van der Waals surface area contributed by atoms with Crippen LogP contribution in [-0.4, -0.2) is 34.5 Å². The third-order valence-corrected chi connectivity index (χ3v) is 4.52. The van der Waals surface area contributed by atoms with Gasteiger partial charge in [0.2, 0.25) is 0 Å². The van der Waals surface area contributed by atoms with Gasteiger partial charge in [-0.1, -0.05) is 29.8 Å². The Bertz CT molecular complexity index is 812. The van der Waals surface area contributed by atoms with Crippen LogP contribution in [0.5, 0.6) is 0 Å². The minimum absolute atomic E-state index is 0.205. The first kappa shape index (κ1) is 17.4. The van der Waals surface area contributed by atoms with Gasteiger partial charge in [-0.3, -0.25) is 14.6 Å². The van der Waals surface area contributed by atoms with Crippen LogP contribution in [0.15, 0.2) is 48.5 Å². The molecule has 1 N–H and O–H groups in total. The van der Waals surface area contributed by atoms with Gasteiger partial charge < -0.3 is 5.11 Å². The summed E-state index contributed by atoms with van der Waals surface area (Å²) in [6, 6.07) is 10.7. The molecule has 1 fully saturated rings. The molecule has 3 rings (SSSR count). The average molecular weight is 363 g/mol. The number of aliphatic hydroxyl groups excluding tert-OH is 1. The maximum Gasteiger partial charge on any atom is 0.332 e. The van der Waals surface area contributed by atoms with E-state index in [0.29, 0.717) is 16.3 Å². The smallest absolute Gasteiger partial charge is 0.332 e. The summed E-state index contributed by atoms with van der Waals surface area (Å²) in [6.45, 7) is 1.38. The number of hydrogen-bond acceptors (Lipinski definition) is 3. The van der Waals surface area contributed by atoms with Crippen molar-refractivity contribution in [1.29, 1.82) is 0 Å². The second-order valence-electron chi connectivity index (χ2n) is 5.79. The minimum atomic E-state index is -1.10. The highest BCUT2D eigenvalue weighted by molar-refractivity contribution is 6.31. The molecule has 0 bridgehead atoms. The van der Waals surface area contributed by atoms with Crippen LogP contribution in [0.2, 0.25) is 5.02 Å². The highest BCUT2D eigenvalue weighted by atomic mass is 35.5. The number of rotatable bonds is 4. The van der Waals surface area contributed by atoms with E-state index in [1.165, 1.54) is 29.2 Å². The fourth-order valence-electron chi connectivity index (χ4n) is 2.85. The van der Waals surface area contributed by atoms with Crippen LogP contribution in [0.3, 0.4) is 0 Å². The summed E-state index contributed by atoms with van der Waals surface area (Å²) in [5, 5.41) is 10.7. The van der Waals surface area contributed by atoms with Gasteiger partial charge in [0.1, 0.15) is 11.9 Å². The highest BCUT2D eigenvalue weighted by Gasteiger charge is 2.44. The van der Waals surface area contributed by atoms with Crippen LogP contribution in [0, 0.1) is 5.82 Å². The lowest BCUT2D eigenvalue weighted by Crippen LogP contribution is -2.36. The number of anilines is 1. The van der Waals surface area contributed by atoms with Gasteiger partial charge in [-0.2, -0.15) is 0 Å². The van der Waals surface area contributed by atoms with E-state index in [9.17, 15) is 19.1 Å². The van der Waals surface area contributed by atoms with Gasteiger partial charge in [-0.15, -0.1) is 0 Å². The SMILES string of the molecule is CC1C(=O)N(CC(O)c2ccccc2Cl)C(=O)N1c1ccc(F)cc1. The second-order valence-corrected chi connectivity index (χ2v) is 6.20. The van der Waals surface area contributed by atoms with Crippen LogP contribution in [0.25, 0.3) is 0 Å². The van der Waals surface area contributed by atoms with Gasteiger partial charge in [-0.05, 0) is 37.3 Å². The molecule has 25 heavy (non-hydrogen) atoms. The molecule has 1 aliphatic rings. The number of hydrogen-bond donors (Lipinski definition) is 1. The van der Waals surface area contributed by atoms with Gasteiger partial charge in [0.15, 0.2) is 0 Å². The van der Waals surface area contributed by atoms with E-state index in [4.69, 9.17) is 11.6 Å². The third kappa shape index (κ3) is 3.23. The zero-order valence-electron chi connectivity index (χ0n) is 13.4.